The highest BCUT2D eigenvalue weighted by Gasteiger charge is 2.42. The molecule has 0 saturated carbocycles. The van der Waals surface area contributed by atoms with Crippen LogP contribution in [0.4, 0.5) is 13.2 Å². The molecule has 0 heterocycles. The molecule has 0 rings (SSSR count). The highest BCUT2D eigenvalue weighted by atomic mass is 32.2. The fourth-order valence-electron chi connectivity index (χ4n) is 0.641. The molecule has 2 atom stereocenters. The van der Waals surface area contributed by atoms with Crippen LogP contribution in [0.25, 0.3) is 0 Å². The normalized spacial score (nSPS) is 17.9. The van der Waals surface area contributed by atoms with Gasteiger partial charge in [-0.15, -0.1) is 0 Å². The molecule has 0 radical (unpaired) electrons. The molecule has 0 aliphatic heterocycles. The molecule has 0 amide bonds. The summed E-state index contributed by atoms with van der Waals surface area (Å²) in [4.78, 5) is 0. The van der Waals surface area contributed by atoms with E-state index >= 15 is 0 Å². The Kier molecular flexibility index (Phi) is 4.02. The van der Waals surface area contributed by atoms with Gasteiger partial charge in [0.15, 0.2) is 16.3 Å². The average Bonchev–Trinajstić information content (AvgIpc) is 1.79. The van der Waals surface area contributed by atoms with Crippen molar-refractivity contribution in [2.24, 2.45) is 0 Å². The Morgan fingerprint density at radius 2 is 2.00 bits per heavy atom. The second-order valence-corrected chi connectivity index (χ2v) is 3.22. The lowest BCUT2D eigenvalue weighted by molar-refractivity contribution is -0.131. The summed E-state index contributed by atoms with van der Waals surface area (Å²) in [6.45, 7) is 1.53. The number of rotatable bonds is 3. The molecule has 6 heteroatoms. The van der Waals surface area contributed by atoms with Crippen molar-refractivity contribution in [2.75, 3.05) is 0 Å². The van der Waals surface area contributed by atoms with Crippen LogP contribution in [0.2, 0.25) is 0 Å². The van der Waals surface area contributed by atoms with Crippen molar-refractivity contribution >= 4 is 11.1 Å². The topological polar surface area (TPSA) is 37.3 Å². The quantitative estimate of drug-likeness (QED) is 0.690. The van der Waals surface area contributed by atoms with Gasteiger partial charge >= 0.3 is 6.18 Å². The molecule has 1 N–H and O–H groups in total. The Balaban J connectivity index is 4.22. The largest absolute Gasteiger partial charge is 0.405 e. The predicted molar refractivity (Wildman–Crippen MR) is 35.5 cm³/mol. The molecule has 2 nitrogen and oxygen atoms in total. The maximum Gasteiger partial charge on any atom is 0.405 e. The van der Waals surface area contributed by atoms with Crippen LogP contribution >= 0.6 is 0 Å². The van der Waals surface area contributed by atoms with Crippen molar-refractivity contribution in [3.63, 3.8) is 0 Å². The predicted octanol–water partition coefficient (Wildman–Crippen LogP) is 1.94. The molecule has 0 fully saturated rings. The summed E-state index contributed by atoms with van der Waals surface area (Å²) in [5.74, 6) is 0. The molecule has 11 heavy (non-hydrogen) atoms. The fourth-order valence-corrected chi connectivity index (χ4v) is 1.31. The first-order valence-electron chi connectivity index (χ1n) is 3.06. The first kappa shape index (κ1) is 10.9. The molecule has 0 aromatic rings. The third-order valence-corrected chi connectivity index (χ3v) is 2.15. The minimum Gasteiger partial charge on any atom is -0.306 e. The van der Waals surface area contributed by atoms with Crippen LogP contribution in [0.1, 0.15) is 19.8 Å². The van der Waals surface area contributed by atoms with Gasteiger partial charge in [0.25, 0.3) is 0 Å². The van der Waals surface area contributed by atoms with Crippen molar-refractivity contribution < 1.29 is 21.9 Å². The van der Waals surface area contributed by atoms with E-state index in [9.17, 15) is 17.4 Å². The van der Waals surface area contributed by atoms with Gasteiger partial charge in [-0.05, 0) is 6.42 Å². The maximum absolute atomic E-state index is 11.8. The van der Waals surface area contributed by atoms with Gasteiger partial charge in [-0.2, -0.15) is 13.2 Å². The maximum atomic E-state index is 11.8. The van der Waals surface area contributed by atoms with Gasteiger partial charge in [-0.3, -0.25) is 0 Å². The number of hydrogen-bond acceptors (Lipinski definition) is 1. The van der Waals surface area contributed by atoms with Crippen molar-refractivity contribution in [1.82, 2.24) is 0 Å². The molecular weight excluding hydrogens is 181 g/mol. The van der Waals surface area contributed by atoms with E-state index in [2.05, 4.69) is 0 Å². The standard InChI is InChI=1S/C5H9F3O2S/c1-2-3-4(11(9)10)5(6,7)8/h4H,2-3H2,1H3,(H,9,10). The zero-order valence-corrected chi connectivity index (χ0v) is 6.71. The van der Waals surface area contributed by atoms with Gasteiger partial charge in [-0.1, -0.05) is 13.3 Å². The second-order valence-electron chi connectivity index (χ2n) is 2.10. The van der Waals surface area contributed by atoms with Crippen LogP contribution in [0.3, 0.4) is 0 Å². The van der Waals surface area contributed by atoms with Gasteiger partial charge in [-0.25, -0.2) is 4.21 Å². The van der Waals surface area contributed by atoms with Crippen LogP contribution in [0.15, 0.2) is 0 Å². The van der Waals surface area contributed by atoms with E-state index in [0.717, 1.165) is 0 Å². The number of hydrogen-bond donors (Lipinski definition) is 1. The van der Waals surface area contributed by atoms with E-state index in [1.807, 2.05) is 0 Å². The molecular formula is C5H9F3O2S. The highest BCUT2D eigenvalue weighted by molar-refractivity contribution is 7.80. The minimum absolute atomic E-state index is 0.247. The third kappa shape index (κ3) is 3.71. The Morgan fingerprint density at radius 3 is 2.09 bits per heavy atom. The minimum atomic E-state index is -4.56. The number of halogens is 3. The Morgan fingerprint density at radius 1 is 1.55 bits per heavy atom. The van der Waals surface area contributed by atoms with Gasteiger partial charge in [0, 0.05) is 0 Å². The van der Waals surface area contributed by atoms with Gasteiger partial charge < -0.3 is 4.55 Å². The summed E-state index contributed by atoms with van der Waals surface area (Å²) < 4.78 is 53.8. The molecule has 0 saturated heterocycles. The summed E-state index contributed by atoms with van der Waals surface area (Å²) in [7, 11) is 0. The molecule has 0 aliphatic carbocycles. The Labute approximate surface area is 65.1 Å². The lowest BCUT2D eigenvalue weighted by Crippen LogP contribution is -2.32. The summed E-state index contributed by atoms with van der Waals surface area (Å²) >= 11 is -2.80. The zero-order valence-electron chi connectivity index (χ0n) is 5.89. The summed E-state index contributed by atoms with van der Waals surface area (Å²) in [5, 5.41) is -2.09. The summed E-state index contributed by atoms with van der Waals surface area (Å²) in [5.41, 5.74) is 0. The van der Waals surface area contributed by atoms with Crippen molar-refractivity contribution in [2.45, 2.75) is 31.2 Å². The first-order chi connectivity index (χ1) is 4.89. The van der Waals surface area contributed by atoms with Crippen molar-refractivity contribution in [3.05, 3.63) is 0 Å². The molecule has 2 unspecified atom stereocenters. The lowest BCUT2D eigenvalue weighted by atomic mass is 10.2. The monoisotopic (exact) mass is 190 g/mol. The average molecular weight is 190 g/mol. The van der Waals surface area contributed by atoms with Gasteiger partial charge in [0.2, 0.25) is 0 Å². The molecule has 0 aromatic carbocycles. The molecule has 0 spiro atoms. The third-order valence-electron chi connectivity index (χ3n) is 1.16. The van der Waals surface area contributed by atoms with Crippen molar-refractivity contribution in [1.29, 1.82) is 0 Å². The Bertz CT molecular complexity index is 145. The summed E-state index contributed by atoms with van der Waals surface area (Å²) in [6.07, 6.45) is -4.61. The fraction of sp³-hybridized carbons (Fsp3) is 1.00. The molecule has 0 bridgehead atoms. The highest BCUT2D eigenvalue weighted by Crippen LogP contribution is 2.26. The SMILES string of the molecule is CCCC(S(=O)O)C(F)(F)F. The molecule has 0 aliphatic rings. The van der Waals surface area contributed by atoms with Crippen LogP contribution in [0.5, 0.6) is 0 Å². The summed E-state index contributed by atoms with van der Waals surface area (Å²) in [6, 6.07) is 0. The van der Waals surface area contributed by atoms with Crippen LogP contribution < -0.4 is 0 Å². The smallest absolute Gasteiger partial charge is 0.306 e. The van der Waals surface area contributed by atoms with E-state index in [1.54, 1.807) is 0 Å². The zero-order chi connectivity index (χ0) is 9.07. The van der Waals surface area contributed by atoms with E-state index in [0.29, 0.717) is 0 Å². The second kappa shape index (κ2) is 4.06. The van der Waals surface area contributed by atoms with E-state index in [1.165, 1.54) is 6.92 Å². The van der Waals surface area contributed by atoms with Crippen LogP contribution in [-0.2, 0) is 11.1 Å². The van der Waals surface area contributed by atoms with E-state index < -0.39 is 22.5 Å². The first-order valence-corrected chi connectivity index (χ1v) is 4.23. The van der Waals surface area contributed by atoms with Gasteiger partial charge in [0.1, 0.15) is 0 Å². The molecule has 68 valence electrons. The molecule has 0 aromatic heterocycles. The van der Waals surface area contributed by atoms with Gasteiger partial charge in [0.05, 0.1) is 0 Å². The van der Waals surface area contributed by atoms with E-state index in [-0.39, 0.29) is 12.8 Å². The Hall–Kier alpha value is -0.100. The van der Waals surface area contributed by atoms with Crippen LogP contribution in [0, 0.1) is 0 Å². The van der Waals surface area contributed by atoms with Crippen molar-refractivity contribution in [3.8, 4) is 0 Å². The van der Waals surface area contributed by atoms with E-state index in [4.69, 9.17) is 4.55 Å². The number of alkyl halides is 3. The lowest BCUT2D eigenvalue weighted by Gasteiger charge is -2.14. The van der Waals surface area contributed by atoms with Crippen LogP contribution in [-0.4, -0.2) is 20.2 Å².